The molecule has 0 saturated heterocycles. The highest BCUT2D eigenvalue weighted by Crippen LogP contribution is 2.68. The molecule has 7 aromatic rings. The SMILES string of the molecule is Cn1nc(NS(C)(=O)=O)c2c(Cl)ccc(-n3c([C@H](Cc4cc(F)cc(F)c4)NC(=O)Cn4nc(C(F)F)c5c4C(F)(F)[C@@H]4C[C@H]54)nc4nc(-n5ccc(C(F)(F)F)n5)ccc4c3=O)c21. The van der Waals surface area contributed by atoms with Gasteiger partial charge in [-0.2, -0.15) is 37.2 Å². The summed E-state index contributed by atoms with van der Waals surface area (Å²) in [5.74, 6) is -10.1. The molecule has 26 heteroatoms. The molecule has 0 unspecified atom stereocenters. The lowest BCUT2D eigenvalue weighted by Crippen LogP contribution is -2.38. The Hall–Kier alpha value is -6.50. The summed E-state index contributed by atoms with van der Waals surface area (Å²) in [4.78, 5) is 37.8. The van der Waals surface area contributed by atoms with Crippen molar-refractivity contribution < 1.29 is 52.7 Å². The molecule has 64 heavy (non-hydrogen) atoms. The highest BCUT2D eigenvalue weighted by Gasteiger charge is 2.67. The first-order valence-corrected chi connectivity index (χ1v) is 21.0. The maximum atomic E-state index is 15.5. The van der Waals surface area contributed by atoms with E-state index in [9.17, 15) is 48.7 Å². The van der Waals surface area contributed by atoms with E-state index in [2.05, 4.69) is 35.3 Å². The Morgan fingerprint density at radius 3 is 2.39 bits per heavy atom. The molecule has 1 fully saturated rings. The fourth-order valence-corrected chi connectivity index (χ4v) is 8.92. The van der Waals surface area contributed by atoms with E-state index in [4.69, 9.17) is 11.6 Å². The van der Waals surface area contributed by atoms with Gasteiger partial charge < -0.3 is 5.32 Å². The van der Waals surface area contributed by atoms with Gasteiger partial charge in [0.2, 0.25) is 15.9 Å². The third-order valence-corrected chi connectivity index (χ3v) is 11.6. The Morgan fingerprint density at radius 2 is 1.73 bits per heavy atom. The molecule has 1 amide bonds. The molecule has 2 aliphatic carbocycles. The number of benzene rings is 2. The molecule has 334 valence electrons. The molecule has 0 radical (unpaired) electrons. The van der Waals surface area contributed by atoms with Gasteiger partial charge in [-0.25, -0.2) is 40.6 Å². The number of nitrogens with one attached hydrogen (secondary N) is 2. The average Bonchev–Trinajstić information content (AvgIpc) is 3.41. The zero-order chi connectivity index (χ0) is 45.9. The third-order valence-electron chi connectivity index (χ3n) is 10.8. The maximum absolute atomic E-state index is 15.5. The number of sulfonamides is 1. The fraction of sp³-hybridized carbons (Fsp3) is 0.289. The molecule has 0 aliphatic heterocycles. The molecule has 5 heterocycles. The number of rotatable bonds is 11. The van der Waals surface area contributed by atoms with Crippen LogP contribution >= 0.6 is 11.6 Å². The largest absolute Gasteiger partial charge is 0.435 e. The number of aryl methyl sites for hydroxylation is 1. The van der Waals surface area contributed by atoms with Crippen molar-refractivity contribution in [2.24, 2.45) is 13.0 Å². The number of anilines is 1. The van der Waals surface area contributed by atoms with Gasteiger partial charge in [-0.3, -0.25) is 28.2 Å². The minimum absolute atomic E-state index is 0.0155. The van der Waals surface area contributed by atoms with E-state index in [0.29, 0.717) is 16.8 Å². The first kappa shape index (κ1) is 42.8. The quantitative estimate of drug-likeness (QED) is 0.135. The van der Waals surface area contributed by atoms with E-state index in [1.54, 1.807) is 0 Å². The predicted octanol–water partition coefficient (Wildman–Crippen LogP) is 6.62. The van der Waals surface area contributed by atoms with E-state index in [0.717, 1.165) is 50.6 Å². The smallest absolute Gasteiger partial charge is 0.344 e. The number of hydrogen-bond donors (Lipinski definition) is 2. The minimum atomic E-state index is -4.84. The molecule has 2 N–H and O–H groups in total. The van der Waals surface area contributed by atoms with E-state index in [1.807, 2.05) is 0 Å². The number of carbonyl (C=O) groups is 1. The van der Waals surface area contributed by atoms with Crippen LogP contribution in [0.2, 0.25) is 5.02 Å². The monoisotopic (exact) mass is 939 g/mol. The highest BCUT2D eigenvalue weighted by atomic mass is 35.5. The van der Waals surface area contributed by atoms with E-state index in [-0.39, 0.29) is 56.2 Å². The molecule has 0 bridgehead atoms. The van der Waals surface area contributed by atoms with Crippen LogP contribution in [0.1, 0.15) is 58.8 Å². The van der Waals surface area contributed by atoms with E-state index in [1.165, 1.54) is 19.2 Å². The van der Waals surface area contributed by atoms with Gasteiger partial charge in [-0.05, 0) is 60.4 Å². The molecule has 1 saturated carbocycles. The van der Waals surface area contributed by atoms with Gasteiger partial charge in [-0.1, -0.05) is 11.6 Å². The maximum Gasteiger partial charge on any atom is 0.435 e. The predicted molar refractivity (Wildman–Crippen MR) is 208 cm³/mol. The molecule has 9 rings (SSSR count). The summed E-state index contributed by atoms with van der Waals surface area (Å²) < 4.78 is 159. The van der Waals surface area contributed by atoms with Crippen LogP contribution in [0.15, 0.2) is 59.5 Å². The number of halogens is 10. The minimum Gasteiger partial charge on any atom is -0.344 e. The van der Waals surface area contributed by atoms with Crippen LogP contribution in [0, 0.1) is 17.6 Å². The molecule has 2 aliphatic rings. The number of aromatic nitrogens is 9. The van der Waals surface area contributed by atoms with Crippen LogP contribution in [0.25, 0.3) is 33.4 Å². The molecule has 3 atom stereocenters. The average molecular weight is 940 g/mol. The first-order chi connectivity index (χ1) is 30.0. The van der Waals surface area contributed by atoms with Crippen LogP contribution in [0.3, 0.4) is 0 Å². The van der Waals surface area contributed by atoms with Crippen molar-refractivity contribution >= 4 is 55.3 Å². The van der Waals surface area contributed by atoms with Crippen molar-refractivity contribution in [3.8, 4) is 11.5 Å². The molecule has 15 nitrogen and oxygen atoms in total. The van der Waals surface area contributed by atoms with Gasteiger partial charge in [0.05, 0.1) is 39.3 Å². The molecule has 2 aromatic carbocycles. The van der Waals surface area contributed by atoms with Crippen LogP contribution in [-0.2, 0) is 46.9 Å². The first-order valence-electron chi connectivity index (χ1n) is 18.7. The number of nitrogens with zero attached hydrogens (tertiary/aromatic N) is 9. The summed E-state index contributed by atoms with van der Waals surface area (Å²) in [5, 5.41) is 13.5. The zero-order valence-electron chi connectivity index (χ0n) is 32.5. The number of amides is 1. The number of carbonyl (C=O) groups excluding carboxylic acids is 1. The second-order valence-corrected chi connectivity index (χ2v) is 17.4. The van der Waals surface area contributed by atoms with E-state index >= 15 is 8.78 Å². The van der Waals surface area contributed by atoms with Gasteiger partial charge in [0.25, 0.3) is 17.9 Å². The van der Waals surface area contributed by atoms with Crippen LogP contribution in [0.4, 0.5) is 45.3 Å². The lowest BCUT2D eigenvalue weighted by Gasteiger charge is -2.24. The summed E-state index contributed by atoms with van der Waals surface area (Å²) in [6.45, 7) is -1.09. The molecular weight excluding hydrogens is 913 g/mol. The second kappa shape index (κ2) is 14.8. The standard InChI is InChI=1S/C38H27ClF9N11O4S/c1-56-30-23(5-4-21(39)28(30)34(54-56)55-64(2,62)63)59-35(51-33-18(36(59)61)3-6-25(50-33)57-8-7-24(52-57)38(46,47)48)22(11-15-9-16(40)12-17(41)10-15)49-26(60)14-58-31-27(29(53-58)32(42)43)19-13-20(19)37(31,44)45/h3-10,12,19-20,22,32H,11,13-14H2,1-2H3,(H,49,60)(H,54,55)/t19-,20+,22-/m0/s1. The van der Waals surface area contributed by atoms with Crippen molar-refractivity contribution in [1.29, 1.82) is 0 Å². The lowest BCUT2D eigenvalue weighted by molar-refractivity contribution is -0.141. The van der Waals surface area contributed by atoms with Crippen LogP contribution in [0.5, 0.6) is 0 Å². The summed E-state index contributed by atoms with van der Waals surface area (Å²) in [5.41, 5.74) is -5.17. The normalized spacial score (nSPS) is 17.3. The van der Waals surface area contributed by atoms with Gasteiger partial charge >= 0.3 is 6.18 Å². The van der Waals surface area contributed by atoms with Crippen molar-refractivity contribution in [3.63, 3.8) is 0 Å². The fourth-order valence-electron chi connectivity index (χ4n) is 8.18. The summed E-state index contributed by atoms with van der Waals surface area (Å²) in [7, 11) is -2.62. The Balaban J connectivity index is 1.26. The summed E-state index contributed by atoms with van der Waals surface area (Å²) >= 11 is 6.57. The van der Waals surface area contributed by atoms with E-state index < -0.39 is 111 Å². The Bertz CT molecular complexity index is 3260. The number of fused-ring (bicyclic) bond motifs is 5. The summed E-state index contributed by atoms with van der Waals surface area (Å²) in [6.07, 6.45) is -7.01. The lowest BCUT2D eigenvalue weighted by atomic mass is 10.0. The zero-order valence-corrected chi connectivity index (χ0v) is 34.0. The molecule has 5 aromatic heterocycles. The third kappa shape index (κ3) is 7.38. The van der Waals surface area contributed by atoms with Gasteiger partial charge in [0, 0.05) is 37.2 Å². The number of hydrogen-bond acceptors (Lipinski definition) is 9. The number of alkyl halides is 7. The molecular formula is C38H27ClF9N11O4S. The van der Waals surface area contributed by atoms with Crippen molar-refractivity contribution in [1.82, 2.24) is 49.2 Å². The van der Waals surface area contributed by atoms with Gasteiger partial charge in [-0.15, -0.1) is 0 Å². The topological polar surface area (TPSA) is 177 Å². The van der Waals surface area contributed by atoms with Crippen molar-refractivity contribution in [2.45, 2.75) is 49.9 Å². The van der Waals surface area contributed by atoms with Gasteiger partial charge in [0.1, 0.15) is 35.4 Å². The van der Waals surface area contributed by atoms with Gasteiger partial charge in [0.15, 0.2) is 23.0 Å². The Morgan fingerprint density at radius 1 is 1.02 bits per heavy atom. The Labute approximate surface area is 357 Å². The van der Waals surface area contributed by atoms with Crippen molar-refractivity contribution in [3.05, 3.63) is 116 Å². The highest BCUT2D eigenvalue weighted by molar-refractivity contribution is 7.92. The van der Waals surface area contributed by atoms with Crippen LogP contribution in [-0.4, -0.2) is 64.5 Å². The second-order valence-electron chi connectivity index (χ2n) is 15.2. The molecule has 0 spiro atoms. The summed E-state index contributed by atoms with van der Waals surface area (Å²) in [6, 6.07) is 6.14. The van der Waals surface area contributed by atoms with Crippen LogP contribution < -0.4 is 15.6 Å². The Kier molecular flexibility index (Phi) is 9.88. The van der Waals surface area contributed by atoms with Crippen molar-refractivity contribution in [2.75, 3.05) is 11.0 Å². The number of pyridine rings is 1.